The van der Waals surface area contributed by atoms with E-state index in [1.165, 1.54) is 6.08 Å². The van der Waals surface area contributed by atoms with Crippen molar-refractivity contribution < 1.29 is 0 Å². The second-order valence-electron chi connectivity index (χ2n) is 4.41. The summed E-state index contributed by atoms with van der Waals surface area (Å²) in [7, 11) is 0. The van der Waals surface area contributed by atoms with E-state index in [0.717, 1.165) is 22.3 Å². The summed E-state index contributed by atoms with van der Waals surface area (Å²) in [5, 5.41) is 7.51. The highest BCUT2D eigenvalue weighted by molar-refractivity contribution is 6.17. The second kappa shape index (κ2) is 13.8. The minimum absolute atomic E-state index is 0.558. The van der Waals surface area contributed by atoms with Crippen LogP contribution in [0.2, 0.25) is 0 Å². The number of allylic oxidation sites excluding steroid dienone is 1. The second-order valence-corrected chi connectivity index (χ2v) is 4.67. The SMILES string of the molecule is C=CC#N.C=Cc1ccccc1C=C.C=Cc1ccccc1CCl. The van der Waals surface area contributed by atoms with Crippen LogP contribution < -0.4 is 0 Å². The lowest BCUT2D eigenvalue weighted by molar-refractivity contribution is 1.38. The van der Waals surface area contributed by atoms with Gasteiger partial charge in [-0.1, -0.05) is 93.1 Å². The Morgan fingerprint density at radius 3 is 1.46 bits per heavy atom. The van der Waals surface area contributed by atoms with Gasteiger partial charge in [0, 0.05) is 12.0 Å². The maximum atomic E-state index is 7.51. The summed E-state index contributed by atoms with van der Waals surface area (Å²) >= 11 is 5.66. The normalized spacial score (nSPS) is 8.17. The van der Waals surface area contributed by atoms with Crippen LogP contribution in [0.1, 0.15) is 22.3 Å². The first kappa shape index (κ1) is 21.2. The van der Waals surface area contributed by atoms with Crippen molar-refractivity contribution in [3.8, 4) is 6.07 Å². The molecule has 0 radical (unpaired) electrons. The van der Waals surface area contributed by atoms with Crippen LogP contribution in [0.15, 0.2) is 80.9 Å². The number of nitriles is 1. The van der Waals surface area contributed by atoms with Gasteiger partial charge >= 0.3 is 0 Å². The predicted molar refractivity (Wildman–Crippen MR) is 109 cm³/mol. The van der Waals surface area contributed by atoms with Crippen LogP contribution in [0, 0.1) is 11.3 Å². The minimum atomic E-state index is 0.558. The Balaban J connectivity index is 0.000000363. The van der Waals surface area contributed by atoms with Crippen molar-refractivity contribution in [3.63, 3.8) is 0 Å². The number of hydrogen-bond donors (Lipinski definition) is 0. The lowest BCUT2D eigenvalue weighted by atomic mass is 10.1. The fraction of sp³-hybridized carbons (Fsp3) is 0.0455. The van der Waals surface area contributed by atoms with Gasteiger partial charge in [0.15, 0.2) is 0 Å². The average Bonchev–Trinajstić information content (AvgIpc) is 2.68. The molecule has 24 heavy (non-hydrogen) atoms. The Kier molecular flexibility index (Phi) is 12.2. The molecule has 0 aliphatic heterocycles. The molecule has 0 saturated heterocycles. The molecule has 0 spiro atoms. The average molecular weight is 336 g/mol. The van der Waals surface area contributed by atoms with Gasteiger partial charge in [-0.2, -0.15) is 5.26 Å². The first-order chi connectivity index (χ1) is 11.7. The molecule has 0 unspecified atom stereocenters. The molecular weight excluding hydrogens is 314 g/mol. The molecule has 122 valence electrons. The minimum Gasteiger partial charge on any atom is -0.193 e. The fourth-order valence-electron chi connectivity index (χ4n) is 1.74. The van der Waals surface area contributed by atoms with Crippen LogP contribution in [0.5, 0.6) is 0 Å². The number of hydrogen-bond acceptors (Lipinski definition) is 1. The van der Waals surface area contributed by atoms with Crippen LogP contribution >= 0.6 is 11.6 Å². The predicted octanol–water partition coefficient (Wildman–Crippen LogP) is 6.74. The summed E-state index contributed by atoms with van der Waals surface area (Å²) in [5.41, 5.74) is 4.53. The standard InChI is InChI=1S/C10H10.C9H9Cl.C3H3N/c1-3-9-7-5-6-8-10(9)4-2;1-2-8-5-3-4-6-9(8)7-10;1-2-3-4/h3-8H,1-2H2;2-6H,1,7H2;2H,1H2. The molecule has 0 bridgehead atoms. The Morgan fingerprint density at radius 2 is 1.17 bits per heavy atom. The number of halogens is 1. The third-order valence-corrected chi connectivity index (χ3v) is 3.23. The van der Waals surface area contributed by atoms with Gasteiger partial charge in [-0.25, -0.2) is 0 Å². The molecule has 2 rings (SSSR count). The van der Waals surface area contributed by atoms with Crippen molar-refractivity contribution in [2.45, 2.75) is 5.88 Å². The van der Waals surface area contributed by atoms with E-state index in [1.807, 2.05) is 66.8 Å². The Morgan fingerprint density at radius 1 is 0.792 bits per heavy atom. The van der Waals surface area contributed by atoms with Gasteiger partial charge in [0.05, 0.1) is 6.07 Å². The lowest BCUT2D eigenvalue weighted by Crippen LogP contribution is -1.81. The summed E-state index contributed by atoms with van der Waals surface area (Å²) in [6, 6.07) is 17.7. The van der Waals surface area contributed by atoms with E-state index in [9.17, 15) is 0 Å². The zero-order valence-electron chi connectivity index (χ0n) is 13.8. The Labute approximate surface area is 150 Å². The van der Waals surface area contributed by atoms with Crippen LogP contribution in [0.3, 0.4) is 0 Å². The van der Waals surface area contributed by atoms with E-state index in [1.54, 1.807) is 6.07 Å². The molecular formula is C22H22ClN. The molecule has 0 aliphatic rings. The van der Waals surface area contributed by atoms with Gasteiger partial charge in [0.1, 0.15) is 0 Å². The number of nitrogens with zero attached hydrogens (tertiary/aromatic N) is 1. The largest absolute Gasteiger partial charge is 0.193 e. The zero-order chi connectivity index (χ0) is 18.2. The van der Waals surface area contributed by atoms with Crippen molar-refractivity contribution in [1.82, 2.24) is 0 Å². The van der Waals surface area contributed by atoms with E-state index < -0.39 is 0 Å². The van der Waals surface area contributed by atoms with E-state index in [4.69, 9.17) is 16.9 Å². The fourth-order valence-corrected chi connectivity index (χ4v) is 1.98. The van der Waals surface area contributed by atoms with Crippen molar-refractivity contribution in [1.29, 1.82) is 5.26 Å². The highest BCUT2D eigenvalue weighted by Crippen LogP contribution is 2.11. The summed E-state index contributed by atoms with van der Waals surface area (Å²) in [6.07, 6.45) is 6.66. The molecule has 1 nitrogen and oxygen atoms in total. The molecule has 0 aromatic heterocycles. The third-order valence-electron chi connectivity index (χ3n) is 2.95. The summed E-state index contributed by atoms with van der Waals surface area (Å²) < 4.78 is 0. The monoisotopic (exact) mass is 335 g/mol. The number of rotatable bonds is 4. The van der Waals surface area contributed by atoms with Crippen LogP contribution in [-0.4, -0.2) is 0 Å². The molecule has 0 saturated carbocycles. The van der Waals surface area contributed by atoms with E-state index in [2.05, 4.69) is 26.3 Å². The molecule has 2 aromatic rings. The Bertz CT molecular complexity index is 681. The maximum Gasteiger partial charge on any atom is 0.0905 e. The highest BCUT2D eigenvalue weighted by atomic mass is 35.5. The van der Waals surface area contributed by atoms with Crippen molar-refractivity contribution in [3.05, 3.63) is 103 Å². The molecule has 0 atom stereocenters. The van der Waals surface area contributed by atoms with Crippen molar-refractivity contribution in [2.24, 2.45) is 0 Å². The molecule has 0 heterocycles. The molecule has 0 N–H and O–H groups in total. The zero-order valence-corrected chi connectivity index (χ0v) is 14.5. The van der Waals surface area contributed by atoms with E-state index in [0.29, 0.717) is 5.88 Å². The van der Waals surface area contributed by atoms with E-state index in [-0.39, 0.29) is 0 Å². The van der Waals surface area contributed by atoms with Crippen LogP contribution in [0.25, 0.3) is 18.2 Å². The summed E-state index contributed by atoms with van der Waals surface area (Å²) in [4.78, 5) is 0. The maximum absolute atomic E-state index is 7.51. The lowest BCUT2D eigenvalue weighted by Gasteiger charge is -1.98. The quantitative estimate of drug-likeness (QED) is 0.448. The third kappa shape index (κ3) is 7.98. The first-order valence-corrected chi connectivity index (χ1v) is 7.82. The number of alkyl halides is 1. The summed E-state index contributed by atoms with van der Waals surface area (Å²) in [6.45, 7) is 14.2. The van der Waals surface area contributed by atoms with Crippen LogP contribution in [-0.2, 0) is 5.88 Å². The van der Waals surface area contributed by atoms with Crippen molar-refractivity contribution in [2.75, 3.05) is 0 Å². The summed E-state index contributed by atoms with van der Waals surface area (Å²) in [5.74, 6) is 0.558. The van der Waals surface area contributed by atoms with Gasteiger partial charge in [-0.05, 0) is 22.3 Å². The Hall–Kier alpha value is -2.82. The molecule has 0 fully saturated rings. The van der Waals surface area contributed by atoms with Crippen LogP contribution in [0.4, 0.5) is 0 Å². The molecule has 2 aromatic carbocycles. The van der Waals surface area contributed by atoms with E-state index >= 15 is 0 Å². The highest BCUT2D eigenvalue weighted by Gasteiger charge is 1.93. The van der Waals surface area contributed by atoms with Gasteiger partial charge in [0.25, 0.3) is 0 Å². The molecule has 0 aliphatic carbocycles. The van der Waals surface area contributed by atoms with Crippen molar-refractivity contribution >= 4 is 29.8 Å². The number of benzene rings is 2. The van der Waals surface area contributed by atoms with Gasteiger partial charge in [0.2, 0.25) is 0 Å². The van der Waals surface area contributed by atoms with Gasteiger partial charge in [-0.15, -0.1) is 11.6 Å². The van der Waals surface area contributed by atoms with Gasteiger partial charge in [-0.3, -0.25) is 0 Å². The molecule has 2 heteroatoms. The smallest absolute Gasteiger partial charge is 0.0905 e. The van der Waals surface area contributed by atoms with Gasteiger partial charge < -0.3 is 0 Å². The molecule has 0 amide bonds. The first-order valence-electron chi connectivity index (χ1n) is 7.29. The topological polar surface area (TPSA) is 23.8 Å².